The molecule has 1 aliphatic heterocycles. The predicted molar refractivity (Wildman–Crippen MR) is 98.6 cm³/mol. The number of rotatable bonds is 3. The van der Waals surface area contributed by atoms with Crippen molar-refractivity contribution in [1.29, 1.82) is 0 Å². The zero-order valence-electron chi connectivity index (χ0n) is 14.0. The van der Waals surface area contributed by atoms with Gasteiger partial charge in [0.25, 0.3) is 0 Å². The number of amidine groups is 1. The molecule has 4 rings (SSSR count). The Kier molecular flexibility index (Phi) is 4.15. The highest BCUT2D eigenvalue weighted by Crippen LogP contribution is 2.27. The number of hydrazone groups is 1. The van der Waals surface area contributed by atoms with Crippen molar-refractivity contribution in [2.45, 2.75) is 0 Å². The molecule has 1 aromatic heterocycles. The topological polar surface area (TPSA) is 58.9 Å². The molecule has 2 heterocycles. The summed E-state index contributed by atoms with van der Waals surface area (Å²) < 4.78 is 19.1. The number of ether oxygens (including phenoxy) is 1. The van der Waals surface area contributed by atoms with Crippen molar-refractivity contribution in [2.24, 2.45) is 10.1 Å². The fraction of sp³-hybridized carbons (Fsp3) is 0.0500. The average Bonchev–Trinajstić information content (AvgIpc) is 2.88. The Morgan fingerprint density at radius 1 is 0.923 bits per heavy atom. The van der Waals surface area contributed by atoms with Crippen LogP contribution in [0.25, 0.3) is 0 Å². The van der Waals surface area contributed by atoms with E-state index in [2.05, 4.69) is 20.5 Å². The van der Waals surface area contributed by atoms with E-state index in [-0.39, 0.29) is 5.82 Å². The van der Waals surface area contributed by atoms with Crippen LogP contribution in [0, 0.1) is 5.82 Å². The molecule has 1 aliphatic rings. The van der Waals surface area contributed by atoms with Gasteiger partial charge in [-0.05, 0) is 54.6 Å². The maximum Gasteiger partial charge on any atom is 0.154 e. The van der Waals surface area contributed by atoms with Gasteiger partial charge in [0.2, 0.25) is 0 Å². The third-order valence-electron chi connectivity index (χ3n) is 4.04. The fourth-order valence-electron chi connectivity index (χ4n) is 2.72. The van der Waals surface area contributed by atoms with E-state index < -0.39 is 0 Å². The number of methoxy groups -OCH3 is 1. The van der Waals surface area contributed by atoms with Gasteiger partial charge in [-0.25, -0.2) is 9.38 Å². The second-order valence-electron chi connectivity index (χ2n) is 5.66. The first kappa shape index (κ1) is 16.0. The molecule has 6 heteroatoms. The second-order valence-corrected chi connectivity index (χ2v) is 5.66. The summed E-state index contributed by atoms with van der Waals surface area (Å²) in [7, 11) is 1.61. The molecular weight excluding hydrogens is 331 g/mol. The minimum atomic E-state index is -0.340. The largest absolute Gasteiger partial charge is 0.497 e. The van der Waals surface area contributed by atoms with E-state index in [9.17, 15) is 4.39 Å². The highest BCUT2D eigenvalue weighted by atomic mass is 19.1. The highest BCUT2D eigenvalue weighted by Gasteiger charge is 2.18. The van der Waals surface area contributed by atoms with Crippen LogP contribution in [-0.4, -0.2) is 23.6 Å². The van der Waals surface area contributed by atoms with Crippen LogP contribution in [0.3, 0.4) is 0 Å². The van der Waals surface area contributed by atoms with E-state index >= 15 is 0 Å². The zero-order chi connectivity index (χ0) is 17.9. The van der Waals surface area contributed by atoms with Crippen molar-refractivity contribution in [2.75, 3.05) is 7.11 Å². The first-order chi connectivity index (χ1) is 12.7. The third-order valence-corrected chi connectivity index (χ3v) is 4.04. The Hall–Kier alpha value is -3.54. The SMILES string of the molecule is COc1ccc(C2=NNC(c3ccncc3)=Nc3ccc(F)cc32)cc1. The monoisotopic (exact) mass is 346 g/mol. The van der Waals surface area contributed by atoms with Crippen LogP contribution in [0.4, 0.5) is 10.1 Å². The number of fused-ring (bicyclic) bond motifs is 1. The Morgan fingerprint density at radius 3 is 2.42 bits per heavy atom. The highest BCUT2D eigenvalue weighted by molar-refractivity contribution is 6.18. The van der Waals surface area contributed by atoms with Gasteiger partial charge in [-0.15, -0.1) is 0 Å². The van der Waals surface area contributed by atoms with Gasteiger partial charge in [0.1, 0.15) is 17.3 Å². The molecule has 0 radical (unpaired) electrons. The first-order valence-electron chi connectivity index (χ1n) is 8.02. The number of nitrogens with zero attached hydrogens (tertiary/aromatic N) is 3. The van der Waals surface area contributed by atoms with Crippen LogP contribution < -0.4 is 10.2 Å². The van der Waals surface area contributed by atoms with E-state index in [1.54, 1.807) is 25.6 Å². The van der Waals surface area contributed by atoms with Crippen LogP contribution in [0.5, 0.6) is 5.75 Å². The average molecular weight is 346 g/mol. The quantitative estimate of drug-likeness (QED) is 0.787. The Labute approximate surface area is 149 Å². The molecule has 0 aliphatic carbocycles. The molecule has 0 bridgehead atoms. The van der Waals surface area contributed by atoms with E-state index in [0.29, 0.717) is 22.8 Å². The van der Waals surface area contributed by atoms with Gasteiger partial charge >= 0.3 is 0 Å². The number of benzene rings is 2. The fourth-order valence-corrected chi connectivity index (χ4v) is 2.72. The minimum Gasteiger partial charge on any atom is -0.497 e. The number of nitrogens with one attached hydrogen (secondary N) is 1. The molecule has 0 saturated carbocycles. The zero-order valence-corrected chi connectivity index (χ0v) is 14.0. The standard InChI is InChI=1S/C20H15FN4O/c1-26-16-5-2-13(3-6-16)19-17-12-15(21)4-7-18(17)23-20(25-24-19)14-8-10-22-11-9-14/h2-12H,1H3,(H,23,25). The lowest BCUT2D eigenvalue weighted by Crippen LogP contribution is -2.19. The van der Waals surface area contributed by atoms with Crippen LogP contribution in [-0.2, 0) is 0 Å². The number of halogens is 1. The van der Waals surface area contributed by atoms with Crippen molar-refractivity contribution in [3.8, 4) is 5.75 Å². The first-order valence-corrected chi connectivity index (χ1v) is 8.02. The number of pyridine rings is 1. The number of hydrogen-bond donors (Lipinski definition) is 1. The summed E-state index contributed by atoms with van der Waals surface area (Å²) in [5.41, 5.74) is 6.53. The summed E-state index contributed by atoms with van der Waals surface area (Å²) in [6.45, 7) is 0. The van der Waals surface area contributed by atoms with Crippen molar-refractivity contribution in [1.82, 2.24) is 10.4 Å². The molecule has 0 saturated heterocycles. The summed E-state index contributed by atoms with van der Waals surface area (Å²) >= 11 is 0. The Morgan fingerprint density at radius 2 is 1.69 bits per heavy atom. The lowest BCUT2D eigenvalue weighted by atomic mass is 10.0. The van der Waals surface area contributed by atoms with Gasteiger partial charge in [0.15, 0.2) is 5.84 Å². The van der Waals surface area contributed by atoms with E-state index in [1.165, 1.54) is 12.1 Å². The second kappa shape index (κ2) is 6.76. The van der Waals surface area contributed by atoms with Crippen molar-refractivity contribution in [3.63, 3.8) is 0 Å². The van der Waals surface area contributed by atoms with Crippen LogP contribution >= 0.6 is 0 Å². The summed E-state index contributed by atoms with van der Waals surface area (Å²) in [5.74, 6) is 0.973. The molecule has 1 N–H and O–H groups in total. The molecular formula is C20H15FN4O. The van der Waals surface area contributed by atoms with E-state index in [0.717, 1.165) is 16.9 Å². The predicted octanol–water partition coefficient (Wildman–Crippen LogP) is 3.66. The lowest BCUT2D eigenvalue weighted by molar-refractivity contribution is 0.415. The molecule has 5 nitrogen and oxygen atoms in total. The molecule has 26 heavy (non-hydrogen) atoms. The lowest BCUT2D eigenvalue weighted by Gasteiger charge is -2.08. The van der Waals surface area contributed by atoms with Crippen molar-refractivity contribution < 1.29 is 9.13 Å². The van der Waals surface area contributed by atoms with Gasteiger partial charge in [-0.2, -0.15) is 5.10 Å². The summed E-state index contributed by atoms with van der Waals surface area (Å²) in [4.78, 5) is 8.65. The number of hydrogen-bond acceptors (Lipinski definition) is 5. The maximum absolute atomic E-state index is 13.9. The molecule has 2 aromatic carbocycles. The molecule has 0 unspecified atom stereocenters. The summed E-state index contributed by atoms with van der Waals surface area (Å²) in [6, 6.07) is 15.6. The number of aromatic nitrogens is 1. The van der Waals surface area contributed by atoms with Crippen LogP contribution in [0.15, 0.2) is 77.1 Å². The van der Waals surface area contributed by atoms with Gasteiger partial charge in [-0.1, -0.05) is 0 Å². The normalized spacial score (nSPS) is 13.0. The Balaban J connectivity index is 1.84. The van der Waals surface area contributed by atoms with Gasteiger partial charge < -0.3 is 4.74 Å². The third kappa shape index (κ3) is 3.04. The maximum atomic E-state index is 13.9. The molecule has 128 valence electrons. The minimum absolute atomic E-state index is 0.340. The van der Waals surface area contributed by atoms with Gasteiger partial charge in [-0.3, -0.25) is 10.4 Å². The van der Waals surface area contributed by atoms with Gasteiger partial charge in [0.05, 0.1) is 12.8 Å². The Bertz CT molecular complexity index is 998. The van der Waals surface area contributed by atoms with E-state index in [4.69, 9.17) is 4.74 Å². The molecule has 0 fully saturated rings. The molecule has 0 spiro atoms. The van der Waals surface area contributed by atoms with Crippen LogP contribution in [0.1, 0.15) is 16.7 Å². The van der Waals surface area contributed by atoms with Gasteiger partial charge in [0, 0.05) is 29.1 Å². The van der Waals surface area contributed by atoms with E-state index in [1.807, 2.05) is 36.4 Å². The van der Waals surface area contributed by atoms with Crippen molar-refractivity contribution >= 4 is 17.2 Å². The van der Waals surface area contributed by atoms with Crippen LogP contribution in [0.2, 0.25) is 0 Å². The smallest absolute Gasteiger partial charge is 0.154 e. The summed E-state index contributed by atoms with van der Waals surface area (Å²) in [5, 5.41) is 4.50. The van der Waals surface area contributed by atoms with Crippen molar-refractivity contribution in [3.05, 3.63) is 89.5 Å². The molecule has 3 aromatic rings. The summed E-state index contributed by atoms with van der Waals surface area (Å²) in [6.07, 6.45) is 3.37. The molecule has 0 amide bonds. The number of aliphatic imine (C=N–C) groups is 1. The molecule has 0 atom stereocenters.